The summed E-state index contributed by atoms with van der Waals surface area (Å²) in [5.41, 5.74) is 0.671. The summed E-state index contributed by atoms with van der Waals surface area (Å²) in [6, 6.07) is 6.18. The highest BCUT2D eigenvalue weighted by atomic mass is 19.1. The molecule has 1 saturated heterocycles. The molecule has 1 aliphatic rings. The van der Waals surface area contributed by atoms with Crippen molar-refractivity contribution in [3.05, 3.63) is 35.6 Å². The van der Waals surface area contributed by atoms with Crippen LogP contribution in [0.4, 0.5) is 4.39 Å². The van der Waals surface area contributed by atoms with Gasteiger partial charge in [0.2, 0.25) is 11.8 Å². The summed E-state index contributed by atoms with van der Waals surface area (Å²) in [5.74, 6) is -0.242. The number of carbonyl (C=O) groups excluding carboxylic acids is 2. The van der Waals surface area contributed by atoms with Gasteiger partial charge in [-0.3, -0.25) is 9.59 Å². The molecule has 2 rings (SSSR count). The second kappa shape index (κ2) is 7.38. The van der Waals surface area contributed by atoms with E-state index < -0.39 is 0 Å². The van der Waals surface area contributed by atoms with Crippen molar-refractivity contribution >= 4 is 11.8 Å². The van der Waals surface area contributed by atoms with E-state index in [1.165, 1.54) is 12.1 Å². The maximum atomic E-state index is 13.1. The molecule has 0 saturated carbocycles. The number of nitrogens with zero attached hydrogens (tertiary/aromatic N) is 1. The van der Waals surface area contributed by atoms with Gasteiger partial charge in [0.15, 0.2) is 0 Å². The van der Waals surface area contributed by atoms with Gasteiger partial charge >= 0.3 is 0 Å². The quantitative estimate of drug-likeness (QED) is 0.926. The largest absolute Gasteiger partial charge is 0.353 e. The van der Waals surface area contributed by atoms with Gasteiger partial charge in [0.05, 0.1) is 6.42 Å². The summed E-state index contributed by atoms with van der Waals surface area (Å²) in [5, 5.41) is 2.98. The van der Waals surface area contributed by atoms with Gasteiger partial charge in [-0.1, -0.05) is 26.0 Å². The minimum absolute atomic E-state index is 0.0131. The highest BCUT2D eigenvalue weighted by Crippen LogP contribution is 2.13. The molecular weight excluding hydrogens is 283 g/mol. The molecular formula is C17H23FN2O2. The Morgan fingerprint density at radius 1 is 1.32 bits per heavy atom. The Hall–Kier alpha value is -1.91. The van der Waals surface area contributed by atoms with Crippen LogP contribution in [0.1, 0.15) is 32.3 Å². The number of hydrogen-bond donors (Lipinski definition) is 1. The van der Waals surface area contributed by atoms with Gasteiger partial charge in [-0.15, -0.1) is 0 Å². The van der Waals surface area contributed by atoms with E-state index in [4.69, 9.17) is 0 Å². The van der Waals surface area contributed by atoms with Crippen molar-refractivity contribution in [2.75, 3.05) is 13.1 Å². The predicted molar refractivity (Wildman–Crippen MR) is 82.7 cm³/mol. The fourth-order valence-corrected chi connectivity index (χ4v) is 2.72. The van der Waals surface area contributed by atoms with Crippen LogP contribution in [0.5, 0.6) is 0 Å². The number of nitrogens with one attached hydrogen (secondary N) is 1. The van der Waals surface area contributed by atoms with Crippen molar-refractivity contribution in [3.63, 3.8) is 0 Å². The monoisotopic (exact) mass is 306 g/mol. The van der Waals surface area contributed by atoms with E-state index in [0.29, 0.717) is 18.7 Å². The Morgan fingerprint density at radius 3 is 2.59 bits per heavy atom. The zero-order valence-electron chi connectivity index (χ0n) is 13.1. The molecule has 1 heterocycles. The molecule has 0 atom stereocenters. The van der Waals surface area contributed by atoms with E-state index >= 15 is 0 Å². The van der Waals surface area contributed by atoms with Crippen molar-refractivity contribution in [3.8, 4) is 0 Å². The molecule has 0 unspecified atom stereocenters. The lowest BCUT2D eigenvalue weighted by Gasteiger charge is -2.33. The molecule has 4 nitrogen and oxygen atoms in total. The Kier molecular flexibility index (Phi) is 5.52. The molecule has 1 fully saturated rings. The van der Waals surface area contributed by atoms with Crippen LogP contribution in [0.3, 0.4) is 0 Å². The zero-order chi connectivity index (χ0) is 16.1. The predicted octanol–water partition coefficient (Wildman–Crippen LogP) is 2.13. The van der Waals surface area contributed by atoms with Gasteiger partial charge in [0, 0.05) is 25.0 Å². The Morgan fingerprint density at radius 2 is 2.00 bits per heavy atom. The first-order chi connectivity index (χ1) is 10.5. The number of piperidine rings is 1. The second-order valence-electron chi connectivity index (χ2n) is 6.13. The third-order valence-corrected chi connectivity index (χ3v) is 3.92. The van der Waals surface area contributed by atoms with Crippen LogP contribution in [-0.2, 0) is 16.0 Å². The Labute approximate surface area is 130 Å². The SMILES string of the molecule is CC(C)C(=O)N1CCC(NC(=O)Cc2cccc(F)c2)CC1. The van der Waals surface area contributed by atoms with Crippen LogP contribution in [0.15, 0.2) is 24.3 Å². The fraction of sp³-hybridized carbons (Fsp3) is 0.529. The molecule has 0 radical (unpaired) electrons. The first-order valence-corrected chi connectivity index (χ1v) is 7.78. The normalized spacial score (nSPS) is 15.9. The minimum atomic E-state index is -0.328. The fourth-order valence-electron chi connectivity index (χ4n) is 2.72. The number of carbonyl (C=O) groups is 2. The maximum Gasteiger partial charge on any atom is 0.225 e. The van der Waals surface area contributed by atoms with Crippen LogP contribution in [-0.4, -0.2) is 35.8 Å². The third-order valence-electron chi connectivity index (χ3n) is 3.92. The average molecular weight is 306 g/mol. The zero-order valence-corrected chi connectivity index (χ0v) is 13.1. The number of likely N-dealkylation sites (tertiary alicyclic amines) is 1. The minimum Gasteiger partial charge on any atom is -0.353 e. The molecule has 1 aromatic carbocycles. The van der Waals surface area contributed by atoms with Gasteiger partial charge in [-0.2, -0.15) is 0 Å². The topological polar surface area (TPSA) is 49.4 Å². The summed E-state index contributed by atoms with van der Waals surface area (Å²) in [4.78, 5) is 25.8. The lowest BCUT2D eigenvalue weighted by atomic mass is 10.0. The molecule has 2 amide bonds. The van der Waals surface area contributed by atoms with Crippen molar-refractivity contribution in [1.29, 1.82) is 0 Å². The molecule has 5 heteroatoms. The molecule has 1 aliphatic heterocycles. The van der Waals surface area contributed by atoms with Crippen molar-refractivity contribution in [1.82, 2.24) is 10.2 Å². The summed E-state index contributed by atoms with van der Waals surface area (Å²) in [7, 11) is 0. The smallest absolute Gasteiger partial charge is 0.225 e. The van der Waals surface area contributed by atoms with Gasteiger partial charge in [0.25, 0.3) is 0 Å². The lowest BCUT2D eigenvalue weighted by Crippen LogP contribution is -2.47. The summed E-state index contributed by atoms with van der Waals surface area (Å²) in [6.07, 6.45) is 1.73. The van der Waals surface area contributed by atoms with Crippen molar-refractivity contribution < 1.29 is 14.0 Å². The van der Waals surface area contributed by atoms with E-state index in [0.717, 1.165) is 12.8 Å². The molecule has 0 spiro atoms. The summed E-state index contributed by atoms with van der Waals surface area (Å²) >= 11 is 0. The van der Waals surface area contributed by atoms with E-state index in [-0.39, 0.29) is 36.0 Å². The molecule has 0 aromatic heterocycles. The Bertz CT molecular complexity index is 537. The van der Waals surface area contributed by atoms with Crippen molar-refractivity contribution in [2.45, 2.75) is 39.2 Å². The standard InChI is InChI=1S/C17H23FN2O2/c1-12(2)17(22)20-8-6-15(7-9-20)19-16(21)11-13-4-3-5-14(18)10-13/h3-5,10,12,15H,6-9,11H2,1-2H3,(H,19,21). The van der Waals surface area contributed by atoms with Crippen LogP contribution in [0.25, 0.3) is 0 Å². The van der Waals surface area contributed by atoms with E-state index in [9.17, 15) is 14.0 Å². The first kappa shape index (κ1) is 16.5. The van der Waals surface area contributed by atoms with Crippen LogP contribution in [0.2, 0.25) is 0 Å². The summed E-state index contributed by atoms with van der Waals surface area (Å²) in [6.45, 7) is 5.16. The molecule has 0 aliphatic carbocycles. The van der Waals surface area contributed by atoms with Crippen LogP contribution in [0, 0.1) is 11.7 Å². The van der Waals surface area contributed by atoms with Gasteiger partial charge < -0.3 is 10.2 Å². The maximum absolute atomic E-state index is 13.1. The second-order valence-corrected chi connectivity index (χ2v) is 6.13. The number of hydrogen-bond acceptors (Lipinski definition) is 2. The van der Waals surface area contributed by atoms with Gasteiger partial charge in [-0.25, -0.2) is 4.39 Å². The number of benzene rings is 1. The van der Waals surface area contributed by atoms with Crippen LogP contribution < -0.4 is 5.32 Å². The lowest BCUT2D eigenvalue weighted by molar-refractivity contribution is -0.135. The van der Waals surface area contributed by atoms with Crippen molar-refractivity contribution in [2.24, 2.45) is 5.92 Å². The number of rotatable bonds is 4. The van der Waals surface area contributed by atoms with Crippen LogP contribution >= 0.6 is 0 Å². The molecule has 120 valence electrons. The molecule has 1 N–H and O–H groups in total. The Balaban J connectivity index is 1.78. The van der Waals surface area contributed by atoms with E-state index in [2.05, 4.69) is 5.32 Å². The molecule has 0 bridgehead atoms. The van der Waals surface area contributed by atoms with Gasteiger partial charge in [-0.05, 0) is 30.5 Å². The molecule has 22 heavy (non-hydrogen) atoms. The molecule has 1 aromatic rings. The van der Waals surface area contributed by atoms with E-state index in [1.807, 2.05) is 18.7 Å². The average Bonchev–Trinajstić information content (AvgIpc) is 2.47. The first-order valence-electron chi connectivity index (χ1n) is 7.78. The highest BCUT2D eigenvalue weighted by molar-refractivity contribution is 5.79. The van der Waals surface area contributed by atoms with E-state index in [1.54, 1.807) is 12.1 Å². The summed E-state index contributed by atoms with van der Waals surface area (Å²) < 4.78 is 13.1. The third kappa shape index (κ3) is 4.55. The number of amides is 2. The van der Waals surface area contributed by atoms with Gasteiger partial charge in [0.1, 0.15) is 5.82 Å². The number of halogens is 1. The highest BCUT2D eigenvalue weighted by Gasteiger charge is 2.25.